The molecule has 0 bridgehead atoms. The minimum atomic E-state index is -0.617. The zero-order chi connectivity index (χ0) is 14.4. The predicted molar refractivity (Wildman–Crippen MR) is 79.0 cm³/mol. The van der Waals surface area contributed by atoms with Crippen molar-refractivity contribution in [2.45, 2.75) is 19.8 Å². The number of hydrogen-bond donors (Lipinski definition) is 1. The van der Waals surface area contributed by atoms with Crippen molar-refractivity contribution in [3.63, 3.8) is 0 Å². The molecule has 0 saturated carbocycles. The van der Waals surface area contributed by atoms with Gasteiger partial charge in [0.2, 0.25) is 0 Å². The molecule has 6 heteroatoms. The van der Waals surface area contributed by atoms with Crippen LogP contribution in [-0.2, 0) is 0 Å². The van der Waals surface area contributed by atoms with Crippen molar-refractivity contribution in [1.82, 2.24) is 4.90 Å². The Labute approximate surface area is 122 Å². The highest BCUT2D eigenvalue weighted by Crippen LogP contribution is 2.21. The first-order valence-corrected chi connectivity index (χ1v) is 6.77. The smallest absolute Gasteiger partial charge is 0.258 e. The third-order valence-electron chi connectivity index (χ3n) is 2.59. The van der Waals surface area contributed by atoms with Crippen LogP contribution in [0.3, 0.4) is 0 Å². The van der Waals surface area contributed by atoms with E-state index in [0.717, 1.165) is 6.42 Å². The summed E-state index contributed by atoms with van der Waals surface area (Å²) in [5.74, 6) is -1.05. The fraction of sp³-hybridized carbons (Fsp3) is 0.385. The van der Waals surface area contributed by atoms with Gasteiger partial charge < -0.3 is 10.6 Å². The zero-order valence-electron chi connectivity index (χ0n) is 10.7. The molecule has 0 aromatic heterocycles. The standard InChI is InChI=1S/C13H16ClFN2OS/c1-2-7-17(8-6-11(16)19)13(18)12-9(14)4-3-5-10(12)15/h3-5H,2,6-8H2,1H3,(H2,16,19). The first-order chi connectivity index (χ1) is 8.97. The Morgan fingerprint density at radius 3 is 2.68 bits per heavy atom. The topological polar surface area (TPSA) is 46.3 Å². The van der Waals surface area contributed by atoms with Crippen LogP contribution >= 0.6 is 23.8 Å². The Morgan fingerprint density at radius 1 is 1.47 bits per heavy atom. The number of benzene rings is 1. The van der Waals surface area contributed by atoms with Gasteiger partial charge in [-0.05, 0) is 18.6 Å². The number of carbonyl (C=O) groups excluding carboxylic acids is 1. The molecule has 2 N–H and O–H groups in total. The number of amides is 1. The van der Waals surface area contributed by atoms with Crippen molar-refractivity contribution in [2.24, 2.45) is 5.73 Å². The molecule has 0 spiro atoms. The van der Waals surface area contributed by atoms with Crippen LogP contribution in [0.15, 0.2) is 18.2 Å². The predicted octanol–water partition coefficient (Wildman–Crippen LogP) is 3.01. The number of nitrogens with zero attached hydrogens (tertiary/aromatic N) is 1. The molecule has 0 radical (unpaired) electrons. The van der Waals surface area contributed by atoms with Crippen molar-refractivity contribution < 1.29 is 9.18 Å². The molecule has 0 heterocycles. The van der Waals surface area contributed by atoms with E-state index in [1.807, 2.05) is 6.92 Å². The molecule has 1 aromatic rings. The number of rotatable bonds is 6. The lowest BCUT2D eigenvalue weighted by atomic mass is 10.1. The fourth-order valence-electron chi connectivity index (χ4n) is 1.69. The van der Waals surface area contributed by atoms with Gasteiger partial charge in [0.15, 0.2) is 0 Å². The van der Waals surface area contributed by atoms with Crippen molar-refractivity contribution >= 4 is 34.7 Å². The number of hydrogen-bond acceptors (Lipinski definition) is 2. The van der Waals surface area contributed by atoms with Crippen LogP contribution in [0.2, 0.25) is 5.02 Å². The summed E-state index contributed by atoms with van der Waals surface area (Å²) in [5, 5.41) is 0.112. The highest BCUT2D eigenvalue weighted by molar-refractivity contribution is 7.80. The van der Waals surface area contributed by atoms with Crippen molar-refractivity contribution in [2.75, 3.05) is 13.1 Å². The van der Waals surface area contributed by atoms with E-state index in [0.29, 0.717) is 24.5 Å². The van der Waals surface area contributed by atoms with Crippen LogP contribution in [0.1, 0.15) is 30.1 Å². The van der Waals surface area contributed by atoms with Gasteiger partial charge in [0.25, 0.3) is 5.91 Å². The first-order valence-electron chi connectivity index (χ1n) is 5.99. The molecule has 3 nitrogen and oxygen atoms in total. The maximum absolute atomic E-state index is 13.7. The summed E-state index contributed by atoms with van der Waals surface area (Å²) >= 11 is 10.7. The van der Waals surface area contributed by atoms with Crippen LogP contribution in [0.25, 0.3) is 0 Å². The maximum atomic E-state index is 13.7. The van der Waals surface area contributed by atoms with Crippen molar-refractivity contribution in [3.8, 4) is 0 Å². The van der Waals surface area contributed by atoms with Gasteiger partial charge in [0.05, 0.1) is 15.6 Å². The molecule has 0 fully saturated rings. The molecular weight excluding hydrogens is 287 g/mol. The number of halogens is 2. The van der Waals surface area contributed by atoms with Gasteiger partial charge in [-0.15, -0.1) is 0 Å². The Bertz CT molecular complexity index is 461. The monoisotopic (exact) mass is 302 g/mol. The van der Waals surface area contributed by atoms with E-state index in [1.54, 1.807) is 0 Å². The third kappa shape index (κ3) is 4.44. The molecule has 0 aliphatic heterocycles. The molecule has 0 atom stereocenters. The average Bonchev–Trinajstić information content (AvgIpc) is 2.33. The summed E-state index contributed by atoms with van der Waals surface area (Å²) < 4.78 is 13.7. The SMILES string of the molecule is CCCN(CCC(N)=S)C(=O)c1c(F)cccc1Cl. The minimum Gasteiger partial charge on any atom is -0.393 e. The number of nitrogens with two attached hydrogens (primary N) is 1. The molecule has 0 unspecified atom stereocenters. The summed E-state index contributed by atoms with van der Waals surface area (Å²) in [6.07, 6.45) is 1.17. The quantitative estimate of drug-likeness (QED) is 0.822. The van der Waals surface area contributed by atoms with Crippen LogP contribution in [0, 0.1) is 5.82 Å². The highest BCUT2D eigenvalue weighted by atomic mass is 35.5. The molecule has 1 aromatic carbocycles. The molecule has 1 rings (SSSR count). The first kappa shape index (κ1) is 15.9. The molecule has 0 saturated heterocycles. The normalized spacial score (nSPS) is 10.3. The van der Waals surface area contributed by atoms with Crippen LogP contribution < -0.4 is 5.73 Å². The van der Waals surface area contributed by atoms with E-state index in [-0.39, 0.29) is 10.6 Å². The lowest BCUT2D eigenvalue weighted by Gasteiger charge is -2.22. The van der Waals surface area contributed by atoms with E-state index in [4.69, 9.17) is 29.6 Å². The lowest BCUT2D eigenvalue weighted by Crippen LogP contribution is -2.35. The Balaban J connectivity index is 2.95. The van der Waals surface area contributed by atoms with E-state index in [1.165, 1.54) is 23.1 Å². The lowest BCUT2D eigenvalue weighted by molar-refractivity contribution is 0.0755. The van der Waals surface area contributed by atoms with Gasteiger partial charge in [-0.1, -0.05) is 36.8 Å². The Hall–Kier alpha value is -1.20. The van der Waals surface area contributed by atoms with Gasteiger partial charge in [-0.25, -0.2) is 4.39 Å². The molecule has 104 valence electrons. The summed E-state index contributed by atoms with van der Waals surface area (Å²) in [4.78, 5) is 14.2. The molecule has 19 heavy (non-hydrogen) atoms. The van der Waals surface area contributed by atoms with Crippen molar-refractivity contribution in [3.05, 3.63) is 34.6 Å². The highest BCUT2D eigenvalue weighted by Gasteiger charge is 2.21. The summed E-state index contributed by atoms with van der Waals surface area (Å²) in [5.41, 5.74) is 5.33. The van der Waals surface area contributed by atoms with Crippen LogP contribution in [0.5, 0.6) is 0 Å². The molecular formula is C13H16ClFN2OS. The summed E-state index contributed by atoms with van der Waals surface area (Å²) in [6.45, 7) is 2.81. The van der Waals surface area contributed by atoms with Crippen molar-refractivity contribution in [1.29, 1.82) is 0 Å². The van der Waals surface area contributed by atoms with Gasteiger partial charge in [0, 0.05) is 19.5 Å². The third-order valence-corrected chi connectivity index (χ3v) is 3.10. The second kappa shape index (κ2) is 7.40. The van der Waals surface area contributed by atoms with Crippen LogP contribution in [-0.4, -0.2) is 28.9 Å². The van der Waals surface area contributed by atoms with E-state index >= 15 is 0 Å². The Morgan fingerprint density at radius 2 is 2.16 bits per heavy atom. The van der Waals surface area contributed by atoms with Crippen LogP contribution in [0.4, 0.5) is 4.39 Å². The molecule has 1 amide bonds. The van der Waals surface area contributed by atoms with E-state index < -0.39 is 11.7 Å². The zero-order valence-corrected chi connectivity index (χ0v) is 12.2. The van der Waals surface area contributed by atoms with Gasteiger partial charge in [-0.3, -0.25) is 4.79 Å². The second-order valence-electron chi connectivity index (χ2n) is 4.11. The maximum Gasteiger partial charge on any atom is 0.258 e. The minimum absolute atomic E-state index is 0.0967. The van der Waals surface area contributed by atoms with Gasteiger partial charge in [-0.2, -0.15) is 0 Å². The largest absolute Gasteiger partial charge is 0.393 e. The fourth-order valence-corrected chi connectivity index (χ4v) is 2.03. The van der Waals surface area contributed by atoms with E-state index in [9.17, 15) is 9.18 Å². The summed E-state index contributed by atoms with van der Waals surface area (Å²) in [6, 6.07) is 4.18. The number of carbonyl (C=O) groups is 1. The molecule has 0 aliphatic rings. The average molecular weight is 303 g/mol. The molecule has 0 aliphatic carbocycles. The van der Waals surface area contributed by atoms with Gasteiger partial charge in [0.1, 0.15) is 5.82 Å². The Kier molecular flexibility index (Phi) is 6.18. The number of thiocarbonyl (C=S) groups is 1. The van der Waals surface area contributed by atoms with E-state index in [2.05, 4.69) is 0 Å². The summed E-state index contributed by atoms with van der Waals surface area (Å²) in [7, 11) is 0. The van der Waals surface area contributed by atoms with Gasteiger partial charge >= 0.3 is 0 Å². The second-order valence-corrected chi connectivity index (χ2v) is 5.04.